The fourth-order valence-corrected chi connectivity index (χ4v) is 3.91. The molecule has 4 heterocycles. The number of aromatic nitrogens is 4. The minimum absolute atomic E-state index is 0.130. The number of carbonyl (C=O) groups is 1. The molecule has 0 aromatic carbocycles. The second-order valence-corrected chi connectivity index (χ2v) is 7.81. The van der Waals surface area contributed by atoms with Crippen LogP contribution in [0, 0.1) is 0 Å². The summed E-state index contributed by atoms with van der Waals surface area (Å²) in [5, 5.41) is 3.04. The van der Waals surface area contributed by atoms with Crippen LogP contribution in [-0.2, 0) is 6.54 Å². The van der Waals surface area contributed by atoms with Gasteiger partial charge in [-0.25, -0.2) is 4.98 Å². The van der Waals surface area contributed by atoms with Gasteiger partial charge in [-0.05, 0) is 55.9 Å². The van der Waals surface area contributed by atoms with Crippen LogP contribution in [0.4, 0.5) is 0 Å². The van der Waals surface area contributed by atoms with E-state index in [4.69, 9.17) is 4.98 Å². The molecule has 0 aliphatic heterocycles. The van der Waals surface area contributed by atoms with Crippen molar-refractivity contribution in [3.8, 4) is 11.4 Å². The van der Waals surface area contributed by atoms with Crippen LogP contribution in [0.25, 0.3) is 16.9 Å². The minimum atomic E-state index is -0.130. The fraction of sp³-hybridized carbons (Fsp3) is 0.320. The van der Waals surface area contributed by atoms with E-state index in [1.807, 2.05) is 53.3 Å². The van der Waals surface area contributed by atoms with Gasteiger partial charge in [0.1, 0.15) is 5.82 Å². The highest BCUT2D eigenvalue weighted by atomic mass is 16.1. The highest BCUT2D eigenvalue weighted by Gasteiger charge is 2.18. The molecule has 0 saturated heterocycles. The summed E-state index contributed by atoms with van der Waals surface area (Å²) in [4.78, 5) is 24.2. The molecule has 1 N–H and O–H groups in total. The zero-order valence-electron chi connectivity index (χ0n) is 18.7. The quantitative estimate of drug-likeness (QED) is 0.390. The lowest BCUT2D eigenvalue weighted by molar-refractivity contribution is 0.0949. The number of hydrogen-bond donors (Lipinski definition) is 1. The maximum atomic E-state index is 12.9. The molecule has 4 rings (SSSR count). The van der Waals surface area contributed by atoms with Crippen molar-refractivity contribution >= 4 is 11.4 Å². The predicted octanol–water partition coefficient (Wildman–Crippen LogP) is 3.71. The van der Waals surface area contributed by atoms with Gasteiger partial charge in [0.25, 0.3) is 5.91 Å². The highest BCUT2D eigenvalue weighted by Crippen LogP contribution is 2.23. The van der Waals surface area contributed by atoms with Crippen molar-refractivity contribution in [3.63, 3.8) is 0 Å². The van der Waals surface area contributed by atoms with Crippen molar-refractivity contribution in [2.24, 2.45) is 0 Å². The molecule has 0 bridgehead atoms. The number of imidazole rings is 1. The van der Waals surface area contributed by atoms with Crippen LogP contribution >= 0.6 is 0 Å². The largest absolute Gasteiger partial charge is 0.351 e. The Morgan fingerprint density at radius 3 is 2.75 bits per heavy atom. The number of amides is 1. The first kappa shape index (κ1) is 21.8. The molecule has 32 heavy (non-hydrogen) atoms. The first-order valence-electron chi connectivity index (χ1n) is 11.2. The maximum Gasteiger partial charge on any atom is 0.272 e. The molecule has 0 unspecified atom stereocenters. The van der Waals surface area contributed by atoms with Crippen molar-refractivity contribution in [3.05, 3.63) is 78.6 Å². The van der Waals surface area contributed by atoms with Gasteiger partial charge in [0, 0.05) is 49.6 Å². The first-order valence-corrected chi connectivity index (χ1v) is 11.2. The third kappa shape index (κ3) is 4.89. The molecule has 1 amide bonds. The first-order chi connectivity index (χ1) is 15.7. The minimum Gasteiger partial charge on any atom is -0.351 e. The molecule has 0 radical (unpaired) electrons. The van der Waals surface area contributed by atoms with E-state index in [9.17, 15) is 4.79 Å². The fourth-order valence-electron chi connectivity index (χ4n) is 3.91. The van der Waals surface area contributed by atoms with Crippen LogP contribution < -0.4 is 5.32 Å². The maximum absolute atomic E-state index is 12.9. The molecule has 4 aromatic heterocycles. The van der Waals surface area contributed by atoms with E-state index < -0.39 is 0 Å². The van der Waals surface area contributed by atoms with E-state index in [1.54, 1.807) is 6.20 Å². The van der Waals surface area contributed by atoms with Crippen molar-refractivity contribution in [1.82, 2.24) is 29.2 Å². The van der Waals surface area contributed by atoms with Gasteiger partial charge in [-0.3, -0.25) is 14.2 Å². The Bertz CT molecular complexity index is 1160. The Morgan fingerprint density at radius 1 is 1.09 bits per heavy atom. The monoisotopic (exact) mass is 430 g/mol. The average molecular weight is 431 g/mol. The van der Waals surface area contributed by atoms with Crippen LogP contribution in [-0.4, -0.2) is 55.9 Å². The van der Waals surface area contributed by atoms with Gasteiger partial charge >= 0.3 is 0 Å². The smallest absolute Gasteiger partial charge is 0.272 e. The van der Waals surface area contributed by atoms with Gasteiger partial charge in [-0.2, -0.15) is 0 Å². The SMILES string of the molecule is CCN(CC)CCCNC(=O)c1nc(-c2ccn(Cc3cccnc3)c2)n2ccccc12. The Kier molecular flexibility index (Phi) is 6.97. The molecule has 4 aromatic rings. The summed E-state index contributed by atoms with van der Waals surface area (Å²) in [7, 11) is 0. The van der Waals surface area contributed by atoms with E-state index in [0.29, 0.717) is 12.2 Å². The summed E-state index contributed by atoms with van der Waals surface area (Å²) < 4.78 is 4.08. The molecular weight excluding hydrogens is 400 g/mol. The van der Waals surface area contributed by atoms with E-state index in [2.05, 4.69) is 45.9 Å². The molecule has 0 saturated carbocycles. The molecule has 0 spiro atoms. The Balaban J connectivity index is 1.51. The zero-order valence-corrected chi connectivity index (χ0v) is 18.7. The molecule has 0 aliphatic rings. The molecule has 7 nitrogen and oxygen atoms in total. The molecule has 0 atom stereocenters. The second-order valence-electron chi connectivity index (χ2n) is 7.81. The second kappa shape index (κ2) is 10.2. The molecular formula is C25H30N6O. The van der Waals surface area contributed by atoms with Gasteiger partial charge < -0.3 is 14.8 Å². The van der Waals surface area contributed by atoms with E-state index >= 15 is 0 Å². The van der Waals surface area contributed by atoms with Crippen LogP contribution in [0.5, 0.6) is 0 Å². The van der Waals surface area contributed by atoms with Gasteiger partial charge in [-0.15, -0.1) is 0 Å². The Hall–Kier alpha value is -3.45. The molecule has 0 aliphatic carbocycles. The van der Waals surface area contributed by atoms with Crippen LogP contribution in [0.3, 0.4) is 0 Å². The Morgan fingerprint density at radius 2 is 1.97 bits per heavy atom. The average Bonchev–Trinajstić information content (AvgIpc) is 3.44. The van der Waals surface area contributed by atoms with Crippen LogP contribution in [0.2, 0.25) is 0 Å². The number of nitrogens with one attached hydrogen (secondary N) is 1. The number of pyridine rings is 2. The number of rotatable bonds is 10. The number of carbonyl (C=O) groups excluding carboxylic acids is 1. The van der Waals surface area contributed by atoms with Gasteiger partial charge in [0.15, 0.2) is 5.69 Å². The van der Waals surface area contributed by atoms with E-state index in [1.165, 1.54) is 0 Å². The number of fused-ring (bicyclic) bond motifs is 1. The lowest BCUT2D eigenvalue weighted by Gasteiger charge is -2.17. The summed E-state index contributed by atoms with van der Waals surface area (Å²) in [6, 6.07) is 11.9. The normalized spacial score (nSPS) is 11.3. The van der Waals surface area contributed by atoms with Crippen molar-refractivity contribution < 1.29 is 4.79 Å². The zero-order chi connectivity index (χ0) is 22.3. The topological polar surface area (TPSA) is 67.5 Å². The van der Waals surface area contributed by atoms with Crippen LogP contribution in [0.1, 0.15) is 36.3 Å². The molecule has 166 valence electrons. The number of nitrogens with zero attached hydrogens (tertiary/aromatic N) is 5. The predicted molar refractivity (Wildman–Crippen MR) is 127 cm³/mol. The molecule has 7 heteroatoms. The Labute approximate surface area is 188 Å². The van der Waals surface area contributed by atoms with Gasteiger partial charge in [0.2, 0.25) is 0 Å². The number of hydrogen-bond acceptors (Lipinski definition) is 4. The molecule has 0 fully saturated rings. The summed E-state index contributed by atoms with van der Waals surface area (Å²) in [6.07, 6.45) is 10.6. The standard InChI is InChI=1S/C25H30N6O/c1-3-29(4-2)14-8-13-27-25(32)23-22-10-5-6-15-31(22)24(28-23)21-11-16-30(19-21)18-20-9-7-12-26-17-20/h5-7,9-12,15-17,19H,3-4,8,13-14,18H2,1-2H3,(H,27,32). The third-order valence-electron chi connectivity index (χ3n) is 5.69. The lowest BCUT2D eigenvalue weighted by Crippen LogP contribution is -2.30. The van der Waals surface area contributed by atoms with E-state index in [-0.39, 0.29) is 5.91 Å². The summed E-state index contributed by atoms with van der Waals surface area (Å²) in [5.74, 6) is 0.633. The van der Waals surface area contributed by atoms with E-state index in [0.717, 1.165) is 55.1 Å². The third-order valence-corrected chi connectivity index (χ3v) is 5.69. The summed E-state index contributed by atoms with van der Waals surface area (Å²) in [5.41, 5.74) is 3.37. The van der Waals surface area contributed by atoms with Crippen molar-refractivity contribution in [1.29, 1.82) is 0 Å². The van der Waals surface area contributed by atoms with Crippen LogP contribution in [0.15, 0.2) is 67.4 Å². The van der Waals surface area contributed by atoms with Crippen molar-refractivity contribution in [2.45, 2.75) is 26.8 Å². The van der Waals surface area contributed by atoms with Crippen molar-refractivity contribution in [2.75, 3.05) is 26.2 Å². The highest BCUT2D eigenvalue weighted by molar-refractivity contribution is 6.00. The van der Waals surface area contributed by atoms with Gasteiger partial charge in [0.05, 0.1) is 5.52 Å². The van der Waals surface area contributed by atoms with Gasteiger partial charge in [-0.1, -0.05) is 26.0 Å². The lowest BCUT2D eigenvalue weighted by atomic mass is 10.3. The summed E-state index contributed by atoms with van der Waals surface area (Å²) in [6.45, 7) is 8.72. The summed E-state index contributed by atoms with van der Waals surface area (Å²) >= 11 is 0.